The van der Waals surface area contributed by atoms with E-state index in [0.29, 0.717) is 17.8 Å². The largest absolute Gasteiger partial charge is 0.474 e. The standard InChI is InChI=1S/C12H19N3O/c1-12(2,3)11-14-9(13)7-10(15-11)16-8-5-4-6-8/h7-8H,4-6H2,1-3H3,(H2,13,14,15). The van der Waals surface area contributed by atoms with Gasteiger partial charge in [-0.3, -0.25) is 0 Å². The van der Waals surface area contributed by atoms with Crippen LogP contribution in [0.5, 0.6) is 5.88 Å². The fraction of sp³-hybridized carbons (Fsp3) is 0.667. The first-order valence-electron chi connectivity index (χ1n) is 5.77. The van der Waals surface area contributed by atoms with Crippen molar-refractivity contribution in [3.05, 3.63) is 11.9 Å². The maximum atomic E-state index is 5.76. The fourth-order valence-corrected chi connectivity index (χ4v) is 1.50. The Bertz CT molecular complexity index is 380. The molecule has 0 radical (unpaired) electrons. The summed E-state index contributed by atoms with van der Waals surface area (Å²) in [6.45, 7) is 6.19. The summed E-state index contributed by atoms with van der Waals surface area (Å²) < 4.78 is 5.74. The van der Waals surface area contributed by atoms with Gasteiger partial charge in [-0.25, -0.2) is 4.98 Å². The molecule has 0 atom stereocenters. The van der Waals surface area contributed by atoms with Crippen LogP contribution in [0.2, 0.25) is 0 Å². The Kier molecular flexibility index (Phi) is 2.74. The zero-order valence-corrected chi connectivity index (χ0v) is 10.2. The quantitative estimate of drug-likeness (QED) is 0.832. The maximum absolute atomic E-state index is 5.76. The lowest BCUT2D eigenvalue weighted by molar-refractivity contribution is 0.114. The molecule has 0 spiro atoms. The molecule has 4 heteroatoms. The van der Waals surface area contributed by atoms with E-state index in [1.54, 1.807) is 6.07 Å². The van der Waals surface area contributed by atoms with Gasteiger partial charge in [-0.15, -0.1) is 0 Å². The molecule has 1 aliphatic carbocycles. The molecule has 0 saturated heterocycles. The number of rotatable bonds is 2. The highest BCUT2D eigenvalue weighted by atomic mass is 16.5. The van der Waals surface area contributed by atoms with Crippen LogP contribution in [0.25, 0.3) is 0 Å². The normalized spacial score (nSPS) is 16.9. The lowest BCUT2D eigenvalue weighted by Crippen LogP contribution is -2.26. The van der Waals surface area contributed by atoms with Gasteiger partial charge in [-0.2, -0.15) is 4.98 Å². The van der Waals surface area contributed by atoms with Crippen molar-refractivity contribution in [2.75, 3.05) is 5.73 Å². The first-order valence-corrected chi connectivity index (χ1v) is 5.77. The van der Waals surface area contributed by atoms with E-state index in [4.69, 9.17) is 10.5 Å². The van der Waals surface area contributed by atoms with E-state index in [9.17, 15) is 0 Å². The van der Waals surface area contributed by atoms with Crippen LogP contribution in [0.4, 0.5) is 5.82 Å². The summed E-state index contributed by atoms with van der Waals surface area (Å²) in [5.41, 5.74) is 5.66. The second-order valence-electron chi connectivity index (χ2n) is 5.38. The summed E-state index contributed by atoms with van der Waals surface area (Å²) in [5.74, 6) is 1.83. The summed E-state index contributed by atoms with van der Waals surface area (Å²) >= 11 is 0. The minimum absolute atomic E-state index is 0.104. The number of nitrogens with zero attached hydrogens (tertiary/aromatic N) is 2. The van der Waals surface area contributed by atoms with Crippen LogP contribution >= 0.6 is 0 Å². The van der Waals surface area contributed by atoms with Crippen LogP contribution in [-0.2, 0) is 5.41 Å². The van der Waals surface area contributed by atoms with E-state index in [0.717, 1.165) is 18.7 Å². The first-order chi connectivity index (χ1) is 7.45. The van der Waals surface area contributed by atoms with Gasteiger partial charge < -0.3 is 10.5 Å². The number of nitrogens with two attached hydrogens (primary N) is 1. The van der Waals surface area contributed by atoms with Gasteiger partial charge >= 0.3 is 0 Å². The molecule has 0 aromatic carbocycles. The molecule has 0 unspecified atom stereocenters. The second-order valence-corrected chi connectivity index (χ2v) is 5.38. The molecule has 2 N–H and O–H groups in total. The van der Waals surface area contributed by atoms with Crippen LogP contribution < -0.4 is 10.5 Å². The average molecular weight is 221 g/mol. The number of hydrogen-bond acceptors (Lipinski definition) is 4. The van der Waals surface area contributed by atoms with Gasteiger partial charge in [0.1, 0.15) is 17.7 Å². The van der Waals surface area contributed by atoms with Crippen molar-refractivity contribution in [1.82, 2.24) is 9.97 Å². The highest BCUT2D eigenvalue weighted by Gasteiger charge is 2.22. The van der Waals surface area contributed by atoms with Gasteiger partial charge in [0.15, 0.2) is 0 Å². The third-order valence-corrected chi connectivity index (χ3v) is 2.73. The van der Waals surface area contributed by atoms with Gasteiger partial charge in [-0.05, 0) is 19.3 Å². The number of hydrogen-bond donors (Lipinski definition) is 1. The summed E-state index contributed by atoms with van der Waals surface area (Å²) in [6.07, 6.45) is 3.81. The third kappa shape index (κ3) is 2.43. The number of aromatic nitrogens is 2. The fourth-order valence-electron chi connectivity index (χ4n) is 1.50. The zero-order valence-electron chi connectivity index (χ0n) is 10.2. The Morgan fingerprint density at radius 1 is 1.31 bits per heavy atom. The lowest BCUT2D eigenvalue weighted by atomic mass is 9.95. The molecular formula is C12H19N3O. The average Bonchev–Trinajstić information content (AvgIpc) is 2.09. The van der Waals surface area contributed by atoms with E-state index in [1.165, 1.54) is 6.42 Å². The minimum atomic E-state index is -0.104. The monoisotopic (exact) mass is 221 g/mol. The van der Waals surface area contributed by atoms with Gasteiger partial charge in [0.25, 0.3) is 0 Å². The van der Waals surface area contributed by atoms with Crippen molar-refractivity contribution < 1.29 is 4.74 Å². The van der Waals surface area contributed by atoms with E-state index in [-0.39, 0.29) is 5.41 Å². The molecule has 1 saturated carbocycles. The summed E-state index contributed by atoms with van der Waals surface area (Å²) in [5, 5.41) is 0. The molecular weight excluding hydrogens is 202 g/mol. The predicted molar refractivity (Wildman–Crippen MR) is 63.4 cm³/mol. The molecule has 88 valence electrons. The second kappa shape index (κ2) is 3.92. The predicted octanol–water partition coefficient (Wildman–Crippen LogP) is 2.29. The zero-order chi connectivity index (χ0) is 11.8. The Balaban J connectivity index is 2.21. The lowest BCUT2D eigenvalue weighted by Gasteiger charge is -2.26. The van der Waals surface area contributed by atoms with Crippen molar-refractivity contribution in [2.24, 2.45) is 0 Å². The van der Waals surface area contributed by atoms with E-state index in [2.05, 4.69) is 30.7 Å². The highest BCUT2D eigenvalue weighted by molar-refractivity contribution is 5.34. The van der Waals surface area contributed by atoms with E-state index >= 15 is 0 Å². The van der Waals surface area contributed by atoms with Crippen LogP contribution in [0.15, 0.2) is 6.07 Å². The Morgan fingerprint density at radius 3 is 2.50 bits per heavy atom. The molecule has 1 aromatic rings. The number of anilines is 1. The number of nitrogen functional groups attached to an aromatic ring is 1. The van der Waals surface area contributed by atoms with Gasteiger partial charge in [0.05, 0.1) is 0 Å². The maximum Gasteiger partial charge on any atom is 0.219 e. The van der Waals surface area contributed by atoms with Gasteiger partial charge in [0, 0.05) is 11.5 Å². The molecule has 1 fully saturated rings. The van der Waals surface area contributed by atoms with Crippen LogP contribution in [0.1, 0.15) is 45.9 Å². The van der Waals surface area contributed by atoms with Crippen molar-refractivity contribution in [3.63, 3.8) is 0 Å². The molecule has 0 bridgehead atoms. The minimum Gasteiger partial charge on any atom is -0.474 e. The van der Waals surface area contributed by atoms with E-state index < -0.39 is 0 Å². The Labute approximate surface area is 96.2 Å². The summed E-state index contributed by atoms with van der Waals surface area (Å²) in [6, 6.07) is 1.70. The van der Waals surface area contributed by atoms with Crippen LogP contribution in [0.3, 0.4) is 0 Å². The molecule has 2 rings (SSSR count). The van der Waals surface area contributed by atoms with Gasteiger partial charge in [0.2, 0.25) is 5.88 Å². The Hall–Kier alpha value is -1.32. The SMILES string of the molecule is CC(C)(C)c1nc(N)cc(OC2CCC2)n1. The first kappa shape index (κ1) is 11.2. The molecule has 1 aromatic heterocycles. The van der Waals surface area contributed by atoms with Crippen molar-refractivity contribution >= 4 is 5.82 Å². The summed E-state index contributed by atoms with van der Waals surface area (Å²) in [4.78, 5) is 8.66. The third-order valence-electron chi connectivity index (χ3n) is 2.73. The van der Waals surface area contributed by atoms with Crippen molar-refractivity contribution in [3.8, 4) is 5.88 Å². The molecule has 1 heterocycles. The molecule has 1 aliphatic rings. The molecule has 0 aliphatic heterocycles. The topological polar surface area (TPSA) is 61.0 Å². The Morgan fingerprint density at radius 2 is 2.00 bits per heavy atom. The summed E-state index contributed by atoms with van der Waals surface area (Å²) in [7, 11) is 0. The van der Waals surface area contributed by atoms with Crippen LogP contribution in [0, 0.1) is 0 Å². The number of ether oxygens (including phenoxy) is 1. The smallest absolute Gasteiger partial charge is 0.219 e. The molecule has 0 amide bonds. The molecule has 4 nitrogen and oxygen atoms in total. The van der Waals surface area contributed by atoms with Crippen molar-refractivity contribution in [2.45, 2.75) is 51.6 Å². The van der Waals surface area contributed by atoms with E-state index in [1.807, 2.05) is 0 Å². The van der Waals surface area contributed by atoms with Crippen molar-refractivity contribution in [1.29, 1.82) is 0 Å². The molecule has 16 heavy (non-hydrogen) atoms. The van der Waals surface area contributed by atoms with Gasteiger partial charge in [-0.1, -0.05) is 20.8 Å². The highest BCUT2D eigenvalue weighted by Crippen LogP contribution is 2.27. The van der Waals surface area contributed by atoms with Crippen LogP contribution in [-0.4, -0.2) is 16.1 Å².